The third-order valence-electron chi connectivity index (χ3n) is 14.6. The standard InChI is InChI=1S/2C22H25.C12H9Si.2ClH.Hf/c2*1-5-6-8-18-13-19-9-7-10-20(22(19)14-18)21-12-15(2)11-16(3)17(21)4;1-3-7-11-9(5-1)10-6-2-4-8-12(10)13-11;;;/h2*7,9-14H,5-6,8H2,1-4H3;1-7H,13H2;2*1H;/q;;;;;+2/p-2. The van der Waals surface area contributed by atoms with Crippen LogP contribution in [0.5, 0.6) is 0 Å². The molecule has 0 saturated heterocycles. The number of hydrogen-bond acceptors (Lipinski definition) is 0. The maximum absolute atomic E-state index is 9.45. The third-order valence-corrected chi connectivity index (χ3v) is 46.3. The van der Waals surface area contributed by atoms with Gasteiger partial charge in [-0.25, -0.2) is 0 Å². The molecule has 6 aromatic carbocycles. The Balaban J connectivity index is 1.38. The normalized spacial score (nSPS) is 17.5. The first-order valence-electron chi connectivity index (χ1n) is 22.5. The van der Waals surface area contributed by atoms with E-state index in [1.54, 1.807) is 0 Å². The van der Waals surface area contributed by atoms with Crippen molar-refractivity contribution >= 4 is 52.5 Å². The van der Waals surface area contributed by atoms with Gasteiger partial charge in [0, 0.05) is 0 Å². The summed E-state index contributed by atoms with van der Waals surface area (Å²) in [5, 5.41) is 3.00. The van der Waals surface area contributed by atoms with E-state index in [1.807, 2.05) is 0 Å². The second kappa shape index (κ2) is 16.0. The van der Waals surface area contributed by atoms with Gasteiger partial charge in [-0.15, -0.1) is 0 Å². The third kappa shape index (κ3) is 6.61. The topological polar surface area (TPSA) is 0 Å². The van der Waals surface area contributed by atoms with Crippen molar-refractivity contribution in [3.05, 3.63) is 170 Å². The molecule has 60 heavy (non-hydrogen) atoms. The fraction of sp³-hybridized carbons (Fsp3) is 0.286. The van der Waals surface area contributed by atoms with Crippen LogP contribution < -0.4 is 13.7 Å². The summed E-state index contributed by atoms with van der Waals surface area (Å²) in [6, 6.07) is 39.7. The molecule has 0 saturated carbocycles. The average Bonchev–Trinajstić information content (AvgIpc) is 3.94. The monoisotopic (exact) mass is 1010 g/mol. The van der Waals surface area contributed by atoms with Crippen molar-refractivity contribution in [3.8, 4) is 33.4 Å². The van der Waals surface area contributed by atoms with Crippen molar-refractivity contribution in [2.75, 3.05) is 0 Å². The van der Waals surface area contributed by atoms with E-state index in [9.17, 15) is 17.2 Å². The Kier molecular flexibility index (Phi) is 11.1. The van der Waals surface area contributed by atoms with Gasteiger partial charge < -0.3 is 0 Å². The molecule has 0 spiro atoms. The van der Waals surface area contributed by atoms with Crippen molar-refractivity contribution in [2.45, 2.75) is 101 Å². The number of rotatable bonds is 11. The van der Waals surface area contributed by atoms with Gasteiger partial charge in [-0.1, -0.05) is 0 Å². The van der Waals surface area contributed by atoms with Crippen molar-refractivity contribution < 1.29 is 16.1 Å². The van der Waals surface area contributed by atoms with Crippen LogP contribution in [0.3, 0.4) is 0 Å². The van der Waals surface area contributed by atoms with Crippen LogP contribution in [0.4, 0.5) is 0 Å². The van der Waals surface area contributed by atoms with Gasteiger partial charge in [0.25, 0.3) is 0 Å². The van der Waals surface area contributed by atoms with Crippen LogP contribution in [0.25, 0.3) is 45.5 Å². The van der Waals surface area contributed by atoms with Crippen LogP contribution in [0.2, 0.25) is 0 Å². The number of benzene rings is 6. The minimum absolute atomic E-state index is 0.0603. The van der Waals surface area contributed by atoms with Crippen LogP contribution >= 0.6 is 17.2 Å². The number of unbranched alkanes of at least 4 members (excludes halogenated alkanes) is 2. The first-order chi connectivity index (χ1) is 28.8. The molecule has 0 fully saturated rings. The molecule has 0 N–H and O–H groups in total. The molecule has 1 aliphatic heterocycles. The van der Waals surface area contributed by atoms with Crippen LogP contribution in [-0.4, -0.2) is 9.52 Å². The van der Waals surface area contributed by atoms with Crippen molar-refractivity contribution in [1.82, 2.24) is 0 Å². The molecule has 4 heteroatoms. The predicted molar refractivity (Wildman–Crippen MR) is 264 cm³/mol. The van der Waals surface area contributed by atoms with Gasteiger partial charge in [0.15, 0.2) is 0 Å². The van der Waals surface area contributed by atoms with Gasteiger partial charge in [0.1, 0.15) is 0 Å². The molecule has 2 aliphatic carbocycles. The van der Waals surface area contributed by atoms with E-state index in [-0.39, 0.29) is 7.35 Å². The number of fused-ring (bicyclic) bond motifs is 5. The SMILES string of the molecule is CCCCC1=Cc2c(-c3cc(C)cc(C)c3C)cccc2[CH]1[Hf]([Cl])([Cl])([c]1cccc2c1[SiH2]c1ccccc1-2)[CH]1C(CCCC)=Cc2c(-c3cc(C)cc(C)c3C)cccc21. The summed E-state index contributed by atoms with van der Waals surface area (Å²) in [5.74, 6) is 0. The fourth-order valence-electron chi connectivity index (χ4n) is 11.6. The average molecular weight is 1010 g/mol. The summed E-state index contributed by atoms with van der Waals surface area (Å²) >= 11 is -5.82. The number of halogens is 2. The van der Waals surface area contributed by atoms with E-state index in [0.717, 1.165) is 38.5 Å². The van der Waals surface area contributed by atoms with Gasteiger partial charge >= 0.3 is 373 Å². The molecule has 2 atom stereocenters. The Bertz CT molecular complexity index is 2650. The molecule has 2 unspecified atom stereocenters. The van der Waals surface area contributed by atoms with Crippen LogP contribution in [-0.2, 0) is 16.1 Å². The number of hydrogen-bond donors (Lipinski definition) is 0. The van der Waals surface area contributed by atoms with E-state index in [2.05, 4.69) is 171 Å². The molecule has 0 bridgehead atoms. The van der Waals surface area contributed by atoms with E-state index in [0.29, 0.717) is 0 Å². The summed E-state index contributed by atoms with van der Waals surface area (Å²) < 4.78 is 1.21. The summed E-state index contributed by atoms with van der Waals surface area (Å²) in [5.41, 5.74) is 24.2. The van der Waals surface area contributed by atoms with Crippen molar-refractivity contribution in [1.29, 1.82) is 0 Å². The Hall–Kier alpha value is -3.53. The zero-order valence-electron chi connectivity index (χ0n) is 36.8. The number of allylic oxidation sites excluding steroid dienone is 2. The summed E-state index contributed by atoms with van der Waals surface area (Å²) in [6.07, 6.45) is 11.6. The van der Waals surface area contributed by atoms with Crippen molar-refractivity contribution in [2.24, 2.45) is 0 Å². The molecule has 0 amide bonds. The van der Waals surface area contributed by atoms with E-state index < -0.39 is 25.7 Å². The molecule has 305 valence electrons. The first kappa shape index (κ1) is 41.8. The molecule has 0 aromatic heterocycles. The Labute approximate surface area is 370 Å². The van der Waals surface area contributed by atoms with Gasteiger partial charge in [0.2, 0.25) is 0 Å². The van der Waals surface area contributed by atoms with Crippen LogP contribution in [0.1, 0.15) is 115 Å². The molecular formula is C56H59Cl2HfSi. The molecule has 0 nitrogen and oxygen atoms in total. The maximum atomic E-state index is 9.45. The van der Waals surface area contributed by atoms with Gasteiger partial charge in [-0.2, -0.15) is 0 Å². The Morgan fingerprint density at radius 3 is 1.50 bits per heavy atom. The molecule has 3 aliphatic rings. The predicted octanol–water partition coefficient (Wildman–Crippen LogP) is 14.3. The van der Waals surface area contributed by atoms with E-state index >= 15 is 0 Å². The molecule has 0 radical (unpaired) electrons. The molecule has 9 rings (SSSR count). The van der Waals surface area contributed by atoms with Crippen LogP contribution in [0, 0.1) is 41.5 Å². The minimum atomic E-state index is -5.82. The zero-order chi connectivity index (χ0) is 42.1. The summed E-state index contributed by atoms with van der Waals surface area (Å²) in [6.45, 7) is 18.2. The van der Waals surface area contributed by atoms with Gasteiger partial charge in [-0.3, -0.25) is 0 Å². The second-order valence-corrected chi connectivity index (χ2v) is 49.6. The van der Waals surface area contributed by atoms with Crippen LogP contribution in [0.15, 0.2) is 114 Å². The van der Waals surface area contributed by atoms with Gasteiger partial charge in [-0.05, 0) is 0 Å². The van der Waals surface area contributed by atoms with Crippen molar-refractivity contribution in [3.63, 3.8) is 0 Å². The van der Waals surface area contributed by atoms with E-state index in [4.69, 9.17) is 0 Å². The molecule has 1 heterocycles. The Morgan fingerprint density at radius 1 is 0.517 bits per heavy atom. The summed E-state index contributed by atoms with van der Waals surface area (Å²) in [7, 11) is 18.0. The first-order valence-corrected chi connectivity index (χ1v) is 38.7. The molecular weight excluding hydrogens is 950 g/mol. The number of aryl methyl sites for hydroxylation is 4. The summed E-state index contributed by atoms with van der Waals surface area (Å²) in [4.78, 5) is 0. The fourth-order valence-corrected chi connectivity index (χ4v) is 50.6. The molecule has 6 aromatic rings. The quantitative estimate of drug-likeness (QED) is 0.113. The van der Waals surface area contributed by atoms with E-state index in [1.165, 1.54) is 114 Å². The van der Waals surface area contributed by atoms with Gasteiger partial charge in [0.05, 0.1) is 0 Å². The Morgan fingerprint density at radius 2 is 0.983 bits per heavy atom. The zero-order valence-corrected chi connectivity index (χ0v) is 43.3. The second-order valence-electron chi connectivity index (χ2n) is 18.5.